The molecule has 0 radical (unpaired) electrons. The van der Waals surface area contributed by atoms with E-state index < -0.39 is 11.9 Å². The second-order valence-electron chi connectivity index (χ2n) is 4.30. The highest BCUT2D eigenvalue weighted by Gasteiger charge is 2.24. The molecule has 1 aliphatic heterocycles. The first-order valence-electron chi connectivity index (χ1n) is 6.03. The molecular formula is C11H21N3O3. The molecule has 2 amide bonds. The largest absolute Gasteiger partial charge is 0.481 e. The monoisotopic (exact) mass is 243 g/mol. The second-order valence-corrected chi connectivity index (χ2v) is 4.30. The summed E-state index contributed by atoms with van der Waals surface area (Å²) in [5.41, 5.74) is 0. The average Bonchev–Trinajstić information content (AvgIpc) is 2.35. The number of hydrogen-bond acceptors (Lipinski definition) is 3. The second kappa shape index (κ2) is 6.44. The zero-order chi connectivity index (χ0) is 12.8. The van der Waals surface area contributed by atoms with Crippen molar-refractivity contribution in [3.05, 3.63) is 0 Å². The van der Waals surface area contributed by atoms with Crippen molar-refractivity contribution in [2.24, 2.45) is 5.92 Å². The van der Waals surface area contributed by atoms with Crippen LogP contribution >= 0.6 is 0 Å². The van der Waals surface area contributed by atoms with Crippen LogP contribution in [0.2, 0.25) is 0 Å². The maximum absolute atomic E-state index is 12.1. The number of urea groups is 1. The van der Waals surface area contributed by atoms with E-state index in [0.717, 1.165) is 13.1 Å². The number of nitrogens with zero attached hydrogens (tertiary/aromatic N) is 2. The Balaban J connectivity index is 2.53. The Morgan fingerprint density at radius 1 is 1.41 bits per heavy atom. The van der Waals surface area contributed by atoms with Crippen LogP contribution in [0.1, 0.15) is 13.8 Å². The smallest absolute Gasteiger partial charge is 0.320 e. The molecule has 2 N–H and O–H groups in total. The maximum Gasteiger partial charge on any atom is 0.320 e. The summed E-state index contributed by atoms with van der Waals surface area (Å²) in [4.78, 5) is 26.3. The van der Waals surface area contributed by atoms with Gasteiger partial charge in [-0.3, -0.25) is 4.79 Å². The molecule has 17 heavy (non-hydrogen) atoms. The molecule has 0 bridgehead atoms. The number of carbonyl (C=O) groups is 2. The fourth-order valence-corrected chi connectivity index (χ4v) is 1.81. The van der Waals surface area contributed by atoms with Crippen molar-refractivity contribution >= 4 is 12.0 Å². The summed E-state index contributed by atoms with van der Waals surface area (Å²) < 4.78 is 0. The summed E-state index contributed by atoms with van der Waals surface area (Å²) in [5, 5.41) is 12.0. The van der Waals surface area contributed by atoms with E-state index in [9.17, 15) is 9.59 Å². The van der Waals surface area contributed by atoms with Gasteiger partial charge in [-0.15, -0.1) is 0 Å². The molecule has 6 heteroatoms. The first kappa shape index (κ1) is 13.8. The van der Waals surface area contributed by atoms with Crippen molar-refractivity contribution in [1.29, 1.82) is 0 Å². The van der Waals surface area contributed by atoms with Gasteiger partial charge in [0.2, 0.25) is 0 Å². The molecule has 1 saturated heterocycles. The third kappa shape index (κ3) is 3.89. The molecule has 0 aromatic rings. The van der Waals surface area contributed by atoms with Crippen LogP contribution in [0, 0.1) is 5.92 Å². The summed E-state index contributed by atoms with van der Waals surface area (Å²) in [6.07, 6.45) is 0. The molecule has 0 saturated carbocycles. The molecule has 1 heterocycles. The van der Waals surface area contributed by atoms with Crippen molar-refractivity contribution in [2.75, 3.05) is 39.3 Å². The molecule has 0 spiro atoms. The van der Waals surface area contributed by atoms with Crippen molar-refractivity contribution in [3.8, 4) is 0 Å². The lowest BCUT2D eigenvalue weighted by Crippen LogP contribution is -2.52. The number of amides is 2. The van der Waals surface area contributed by atoms with Crippen molar-refractivity contribution in [1.82, 2.24) is 15.1 Å². The summed E-state index contributed by atoms with van der Waals surface area (Å²) in [5.74, 6) is -1.39. The minimum atomic E-state index is -0.864. The van der Waals surface area contributed by atoms with Gasteiger partial charge in [-0.05, 0) is 6.92 Å². The number of hydrogen-bond donors (Lipinski definition) is 2. The SMILES string of the molecule is CCN(CC(C)C(=O)O)C(=O)N1CCNCC1. The fraction of sp³-hybridized carbons (Fsp3) is 0.818. The van der Waals surface area contributed by atoms with E-state index in [1.807, 2.05) is 6.92 Å². The number of aliphatic carboxylic acids is 1. The van der Waals surface area contributed by atoms with Gasteiger partial charge in [0.15, 0.2) is 0 Å². The minimum Gasteiger partial charge on any atom is -0.481 e. The molecule has 1 rings (SSSR count). The van der Waals surface area contributed by atoms with Gasteiger partial charge >= 0.3 is 12.0 Å². The van der Waals surface area contributed by atoms with Gasteiger partial charge in [-0.1, -0.05) is 6.92 Å². The summed E-state index contributed by atoms with van der Waals surface area (Å²) in [6, 6.07) is -0.0536. The Kier molecular flexibility index (Phi) is 5.21. The van der Waals surface area contributed by atoms with E-state index in [1.54, 1.807) is 16.7 Å². The zero-order valence-corrected chi connectivity index (χ0v) is 10.5. The van der Waals surface area contributed by atoms with E-state index in [2.05, 4.69) is 5.32 Å². The van der Waals surface area contributed by atoms with Gasteiger partial charge in [0.25, 0.3) is 0 Å². The van der Waals surface area contributed by atoms with E-state index >= 15 is 0 Å². The van der Waals surface area contributed by atoms with Gasteiger partial charge in [0.1, 0.15) is 0 Å². The molecule has 0 aliphatic carbocycles. The third-order valence-electron chi connectivity index (χ3n) is 2.96. The molecule has 98 valence electrons. The maximum atomic E-state index is 12.1. The topological polar surface area (TPSA) is 72.9 Å². The van der Waals surface area contributed by atoms with Gasteiger partial charge < -0.3 is 20.2 Å². The van der Waals surface area contributed by atoms with Crippen LogP contribution in [0.5, 0.6) is 0 Å². The van der Waals surface area contributed by atoms with E-state index in [4.69, 9.17) is 5.11 Å². The molecule has 1 atom stereocenters. The highest BCUT2D eigenvalue weighted by molar-refractivity contribution is 5.76. The van der Waals surface area contributed by atoms with E-state index in [-0.39, 0.29) is 12.6 Å². The zero-order valence-electron chi connectivity index (χ0n) is 10.5. The lowest BCUT2D eigenvalue weighted by Gasteiger charge is -2.33. The number of nitrogens with one attached hydrogen (secondary N) is 1. The number of carboxylic acids is 1. The first-order chi connectivity index (χ1) is 8.06. The predicted octanol–water partition coefficient (Wildman–Crippen LogP) is 0.0542. The molecule has 0 aromatic heterocycles. The average molecular weight is 243 g/mol. The highest BCUT2D eigenvalue weighted by atomic mass is 16.4. The number of carbonyl (C=O) groups excluding carboxylic acids is 1. The Morgan fingerprint density at radius 2 is 2.00 bits per heavy atom. The first-order valence-corrected chi connectivity index (χ1v) is 6.03. The van der Waals surface area contributed by atoms with Crippen LogP contribution in [-0.4, -0.2) is 66.2 Å². The van der Waals surface area contributed by atoms with Gasteiger partial charge in [-0.2, -0.15) is 0 Å². The predicted molar refractivity (Wildman–Crippen MR) is 63.9 cm³/mol. The van der Waals surface area contributed by atoms with Gasteiger partial charge in [-0.25, -0.2) is 4.79 Å². The van der Waals surface area contributed by atoms with Crippen molar-refractivity contribution in [3.63, 3.8) is 0 Å². The Morgan fingerprint density at radius 3 is 2.47 bits per heavy atom. The Hall–Kier alpha value is -1.30. The molecule has 6 nitrogen and oxygen atoms in total. The molecule has 1 aliphatic rings. The van der Waals surface area contributed by atoms with Crippen LogP contribution in [-0.2, 0) is 4.79 Å². The van der Waals surface area contributed by atoms with Crippen LogP contribution < -0.4 is 5.32 Å². The van der Waals surface area contributed by atoms with Crippen LogP contribution in [0.4, 0.5) is 4.79 Å². The number of carboxylic acid groups (broad SMARTS) is 1. The fourth-order valence-electron chi connectivity index (χ4n) is 1.81. The Bertz CT molecular complexity index is 277. The Labute approximate surface area is 102 Å². The van der Waals surface area contributed by atoms with Gasteiger partial charge in [0.05, 0.1) is 5.92 Å². The molecule has 1 unspecified atom stereocenters. The normalized spacial score (nSPS) is 17.6. The third-order valence-corrected chi connectivity index (χ3v) is 2.96. The minimum absolute atomic E-state index is 0.0536. The quantitative estimate of drug-likeness (QED) is 0.732. The molecule has 0 aromatic carbocycles. The molecular weight excluding hydrogens is 222 g/mol. The molecule has 1 fully saturated rings. The van der Waals surface area contributed by atoms with E-state index in [0.29, 0.717) is 19.6 Å². The van der Waals surface area contributed by atoms with Crippen LogP contribution in [0.25, 0.3) is 0 Å². The lowest BCUT2D eigenvalue weighted by atomic mass is 10.2. The van der Waals surface area contributed by atoms with Crippen molar-refractivity contribution < 1.29 is 14.7 Å². The van der Waals surface area contributed by atoms with E-state index in [1.165, 1.54) is 0 Å². The van der Waals surface area contributed by atoms with Crippen molar-refractivity contribution in [2.45, 2.75) is 13.8 Å². The van der Waals surface area contributed by atoms with Gasteiger partial charge in [0, 0.05) is 39.3 Å². The summed E-state index contributed by atoms with van der Waals surface area (Å²) in [6.45, 7) is 7.29. The lowest BCUT2D eigenvalue weighted by molar-refractivity contribution is -0.141. The standard InChI is InChI=1S/C11H21N3O3/c1-3-13(8-9(2)10(15)16)11(17)14-6-4-12-5-7-14/h9,12H,3-8H2,1-2H3,(H,15,16). The van der Waals surface area contributed by atoms with Crippen LogP contribution in [0.3, 0.4) is 0 Å². The number of piperazine rings is 1. The highest BCUT2D eigenvalue weighted by Crippen LogP contribution is 2.05. The summed E-state index contributed by atoms with van der Waals surface area (Å²) >= 11 is 0. The summed E-state index contributed by atoms with van der Waals surface area (Å²) in [7, 11) is 0. The number of rotatable bonds is 4. The van der Waals surface area contributed by atoms with Crippen LogP contribution in [0.15, 0.2) is 0 Å².